The molecule has 0 amide bonds. The van der Waals surface area contributed by atoms with Gasteiger partial charge in [0.2, 0.25) is 0 Å². The molecule has 0 bridgehead atoms. The smallest absolute Gasteiger partial charge is 0.187 e. The van der Waals surface area contributed by atoms with Crippen molar-refractivity contribution in [2.75, 3.05) is 40.1 Å². The molecule has 0 unspecified atom stereocenters. The summed E-state index contributed by atoms with van der Waals surface area (Å²) in [6.07, 6.45) is -15.2. The molecule has 236 valence electrons. The Morgan fingerprint density at radius 1 is 0.854 bits per heavy atom. The summed E-state index contributed by atoms with van der Waals surface area (Å²) in [5.41, 5.74) is 1.08. The second-order valence-electron chi connectivity index (χ2n) is 10.7. The molecule has 0 saturated carbocycles. The lowest BCUT2D eigenvalue weighted by Crippen LogP contribution is -2.67. The second-order valence-corrected chi connectivity index (χ2v) is 10.7. The Balaban J connectivity index is 1.63. The molecule has 2 heterocycles. The van der Waals surface area contributed by atoms with Crippen LogP contribution in [0.2, 0.25) is 0 Å². The molecule has 0 aliphatic carbocycles. The minimum atomic E-state index is -1.75. The highest BCUT2D eigenvalue weighted by atomic mass is 16.7. The van der Waals surface area contributed by atoms with E-state index in [1.165, 1.54) is 0 Å². The van der Waals surface area contributed by atoms with E-state index in [-0.39, 0.29) is 19.2 Å². The van der Waals surface area contributed by atoms with Crippen molar-refractivity contribution in [1.29, 1.82) is 0 Å². The molecule has 2 fully saturated rings. The van der Waals surface area contributed by atoms with Crippen LogP contribution in [0.3, 0.4) is 0 Å². The first-order chi connectivity index (χ1) is 19.5. The first-order valence-electron chi connectivity index (χ1n) is 13.7. The number of nitrogens with zero attached hydrogens (tertiary/aromatic N) is 1. The molecule has 0 aromatic heterocycles. The van der Waals surface area contributed by atoms with Gasteiger partial charge < -0.3 is 64.5 Å². The molecule has 1 aromatic rings. The average Bonchev–Trinajstić information content (AvgIpc) is 2.96. The highest BCUT2D eigenvalue weighted by Crippen LogP contribution is 2.31. The number of methoxy groups -OCH3 is 1. The van der Waals surface area contributed by atoms with Crippen molar-refractivity contribution in [3.8, 4) is 5.75 Å². The topological polar surface area (TPSA) is 211 Å². The molecule has 0 radical (unpaired) electrons. The predicted molar refractivity (Wildman–Crippen MR) is 142 cm³/mol. The van der Waals surface area contributed by atoms with E-state index in [1.807, 2.05) is 12.1 Å². The van der Waals surface area contributed by atoms with Crippen LogP contribution in [0.1, 0.15) is 19.4 Å². The van der Waals surface area contributed by atoms with Gasteiger partial charge in [0, 0.05) is 19.7 Å². The maximum atomic E-state index is 11.0. The normalized spacial score (nSPS) is 35.1. The fraction of sp³-hybridized carbons (Fsp3) is 0.778. The zero-order valence-corrected chi connectivity index (χ0v) is 23.5. The van der Waals surface area contributed by atoms with Crippen LogP contribution in [0, 0.1) is 0 Å². The van der Waals surface area contributed by atoms with Gasteiger partial charge >= 0.3 is 0 Å². The van der Waals surface area contributed by atoms with Crippen molar-refractivity contribution in [2.24, 2.45) is 0 Å². The number of benzene rings is 1. The Bertz CT molecular complexity index is 888. The van der Waals surface area contributed by atoms with E-state index in [2.05, 4.69) is 0 Å². The lowest BCUT2D eigenvalue weighted by Gasteiger charge is -2.49. The largest absolute Gasteiger partial charge is 0.491 e. The summed E-state index contributed by atoms with van der Waals surface area (Å²) in [6.45, 7) is 2.81. The number of aliphatic hydroxyl groups excluding tert-OH is 8. The van der Waals surface area contributed by atoms with Crippen LogP contribution in [-0.2, 0) is 25.4 Å². The van der Waals surface area contributed by atoms with Gasteiger partial charge in [-0.25, -0.2) is 0 Å². The molecule has 3 rings (SSSR count). The van der Waals surface area contributed by atoms with Crippen LogP contribution in [0.25, 0.3) is 0 Å². The fourth-order valence-corrected chi connectivity index (χ4v) is 4.91. The molecule has 1 aromatic carbocycles. The molecule has 14 nitrogen and oxygen atoms in total. The van der Waals surface area contributed by atoms with Crippen molar-refractivity contribution < 1.29 is 64.5 Å². The molecule has 2 aliphatic heterocycles. The van der Waals surface area contributed by atoms with Gasteiger partial charge in [-0.1, -0.05) is 12.1 Å². The zero-order chi connectivity index (χ0) is 30.3. The van der Waals surface area contributed by atoms with Gasteiger partial charge in [-0.05, 0) is 38.0 Å². The maximum absolute atomic E-state index is 11.0. The van der Waals surface area contributed by atoms with Crippen molar-refractivity contribution in [2.45, 2.75) is 93.8 Å². The van der Waals surface area contributed by atoms with Gasteiger partial charge in [0.05, 0.1) is 19.8 Å². The van der Waals surface area contributed by atoms with Crippen molar-refractivity contribution in [1.82, 2.24) is 4.90 Å². The molecule has 2 saturated heterocycles. The minimum absolute atomic E-state index is 0.00554. The first-order valence-corrected chi connectivity index (χ1v) is 13.7. The maximum Gasteiger partial charge on any atom is 0.187 e. The van der Waals surface area contributed by atoms with Crippen LogP contribution in [0.4, 0.5) is 0 Å². The summed E-state index contributed by atoms with van der Waals surface area (Å²) in [4.78, 5) is 1.61. The number of hydrogen-bond donors (Lipinski definition) is 8. The third-order valence-corrected chi connectivity index (χ3v) is 7.35. The van der Waals surface area contributed by atoms with Crippen LogP contribution in [0.5, 0.6) is 5.75 Å². The standard InChI is InChI=1S/C27H45NO13/c1-14(2)28(10-16(31)13-38-17-6-4-15(5-7-17)8-9-37-3)26-23(35)22(34)25(19(12-30)39-26)41-27-24(36)21(33)20(32)18(11-29)40-27/h4-7,14,16,18-27,29-36H,8-13H2,1-3H3/t16-,18-,19-,20+,21+,22-,23-,24-,25-,26+,27+/m1/s1. The molecule has 0 spiro atoms. The predicted octanol–water partition coefficient (Wildman–Crippen LogP) is -3.05. The van der Waals surface area contributed by atoms with Crippen LogP contribution < -0.4 is 4.74 Å². The highest BCUT2D eigenvalue weighted by molar-refractivity contribution is 5.27. The van der Waals surface area contributed by atoms with E-state index in [4.69, 9.17) is 23.7 Å². The summed E-state index contributed by atoms with van der Waals surface area (Å²) < 4.78 is 27.7. The molecule has 11 atom stereocenters. The molecule has 41 heavy (non-hydrogen) atoms. The summed E-state index contributed by atoms with van der Waals surface area (Å²) in [5, 5.41) is 82.5. The monoisotopic (exact) mass is 591 g/mol. The Hall–Kier alpha value is -1.50. The third kappa shape index (κ3) is 8.54. The number of aliphatic hydroxyl groups is 8. The van der Waals surface area contributed by atoms with Gasteiger partial charge in [0.25, 0.3) is 0 Å². The molecule has 14 heteroatoms. The number of rotatable bonds is 14. The van der Waals surface area contributed by atoms with Crippen molar-refractivity contribution >= 4 is 0 Å². The van der Waals surface area contributed by atoms with E-state index in [0.717, 1.165) is 12.0 Å². The summed E-state index contributed by atoms with van der Waals surface area (Å²) >= 11 is 0. The quantitative estimate of drug-likeness (QED) is 0.108. The molecule has 8 N–H and O–H groups in total. The second kappa shape index (κ2) is 15.8. The van der Waals surface area contributed by atoms with Crippen LogP contribution >= 0.6 is 0 Å². The number of hydrogen-bond acceptors (Lipinski definition) is 14. The molecular weight excluding hydrogens is 546 g/mol. The average molecular weight is 592 g/mol. The number of ether oxygens (including phenoxy) is 5. The fourth-order valence-electron chi connectivity index (χ4n) is 4.91. The van der Waals surface area contributed by atoms with E-state index >= 15 is 0 Å². The van der Waals surface area contributed by atoms with E-state index in [9.17, 15) is 40.9 Å². The Labute approximate surface area is 239 Å². The minimum Gasteiger partial charge on any atom is -0.491 e. The lowest BCUT2D eigenvalue weighted by molar-refractivity contribution is -0.350. The Kier molecular flexibility index (Phi) is 13.1. The Morgan fingerprint density at radius 3 is 2.10 bits per heavy atom. The van der Waals surface area contributed by atoms with Crippen LogP contribution in [-0.4, -0.2) is 159 Å². The van der Waals surface area contributed by atoms with Crippen molar-refractivity contribution in [3.63, 3.8) is 0 Å². The summed E-state index contributed by atoms with van der Waals surface area (Å²) in [7, 11) is 1.64. The third-order valence-electron chi connectivity index (χ3n) is 7.35. The molecular formula is C27H45NO13. The van der Waals surface area contributed by atoms with Gasteiger partial charge in [0.15, 0.2) is 6.29 Å². The highest BCUT2D eigenvalue weighted by Gasteiger charge is 2.51. The SMILES string of the molecule is COCCc1ccc(OC[C@H](O)CN(C(C)C)[C@H]2O[C@H](CO)[C@@H](O[C@@H]3O[C@H](CO)[C@H](O)[C@H](O)[C@H]3O)[C@H](O)[C@H]2O)cc1. The van der Waals surface area contributed by atoms with Gasteiger partial charge in [-0.2, -0.15) is 0 Å². The summed E-state index contributed by atoms with van der Waals surface area (Å²) in [5.74, 6) is 0.569. The zero-order valence-electron chi connectivity index (χ0n) is 23.5. The first kappa shape index (κ1) is 34.0. The van der Waals surface area contributed by atoms with E-state index in [1.54, 1.807) is 38.0 Å². The van der Waals surface area contributed by atoms with Crippen molar-refractivity contribution in [3.05, 3.63) is 29.8 Å². The van der Waals surface area contributed by atoms with E-state index < -0.39 is 80.7 Å². The van der Waals surface area contributed by atoms with Crippen LogP contribution in [0.15, 0.2) is 24.3 Å². The van der Waals surface area contributed by atoms with Gasteiger partial charge in [-0.3, -0.25) is 4.90 Å². The van der Waals surface area contributed by atoms with Gasteiger partial charge in [0.1, 0.15) is 73.5 Å². The van der Waals surface area contributed by atoms with Gasteiger partial charge in [-0.15, -0.1) is 0 Å². The lowest BCUT2D eigenvalue weighted by atomic mass is 9.95. The van der Waals surface area contributed by atoms with E-state index in [0.29, 0.717) is 12.4 Å². The molecule has 2 aliphatic rings. The Morgan fingerprint density at radius 2 is 1.51 bits per heavy atom. The summed E-state index contributed by atoms with van der Waals surface area (Å²) in [6, 6.07) is 7.13.